The SMILES string of the molecule is CCCCCCCC[N+]1=C(C)c2cccc3cccc1c23.CCCCCCCCn1/c(=C/C2=C([O-])C(=C\C3=[N+](CCCCCCCC)c4cccc5cccc3c45)/C2=O)c2cccc3cccc1c32.O=c1c(O)c(O)c1=O.[I-]. The maximum atomic E-state index is 13.9. The van der Waals surface area contributed by atoms with Gasteiger partial charge in [-0.15, -0.1) is 0 Å². The normalized spacial score (nSPS) is 14.3. The first-order chi connectivity index (χ1) is 37.6. The number of Topliss-reactive ketones (excluding diaryl/α,β-unsaturated/α-hetero) is 1. The molecule has 0 saturated heterocycles. The van der Waals surface area contributed by atoms with Crippen molar-refractivity contribution in [2.75, 3.05) is 13.1 Å². The van der Waals surface area contributed by atoms with Gasteiger partial charge in [-0.05, 0) is 59.7 Å². The maximum absolute atomic E-state index is 13.9. The molecule has 9 nitrogen and oxygen atoms in total. The van der Waals surface area contributed by atoms with Gasteiger partial charge in [-0.3, -0.25) is 14.4 Å². The predicted molar refractivity (Wildman–Crippen MR) is 315 cm³/mol. The van der Waals surface area contributed by atoms with Gasteiger partial charge < -0.3 is 43.9 Å². The molecule has 0 spiro atoms. The average Bonchev–Trinajstić information content (AvgIpc) is 4.27. The third kappa shape index (κ3) is 11.8. The van der Waals surface area contributed by atoms with E-state index in [2.05, 4.69) is 151 Å². The molecule has 0 saturated carbocycles. The molecule has 406 valence electrons. The van der Waals surface area contributed by atoms with E-state index in [-0.39, 0.29) is 35.5 Å². The molecule has 2 N–H and O–H groups in total. The molecular weight excluding hydrogens is 1080 g/mol. The Morgan fingerprint density at radius 2 is 0.962 bits per heavy atom. The number of carbonyl (C=O) groups excluding carboxylic acids is 1. The number of allylic oxidation sites excluding steroid dienone is 3. The first-order valence-electron chi connectivity index (χ1n) is 28.8. The van der Waals surface area contributed by atoms with Crippen LogP contribution in [0, 0.1) is 0 Å². The van der Waals surface area contributed by atoms with E-state index in [1.54, 1.807) is 0 Å². The number of aryl methyl sites for hydroxylation is 1. The molecule has 11 rings (SSSR count). The summed E-state index contributed by atoms with van der Waals surface area (Å²) in [6, 6.07) is 39.0. The van der Waals surface area contributed by atoms with Gasteiger partial charge in [0.2, 0.25) is 28.6 Å². The van der Waals surface area contributed by atoms with E-state index in [0.29, 0.717) is 11.1 Å². The number of ketones is 1. The summed E-state index contributed by atoms with van der Waals surface area (Å²) in [5.74, 6) is -1.94. The standard InChI is InChI=1S/C44H48N2O2.C20H26N.C4H2O4.HI/c1-3-5-7-9-11-13-27-45-37-25-17-21-31-19-15-23-33(41(31)37)39(45)29-35-43(47)36(44(35)48)30-40-34-24-16-20-32-22-18-26-38(42(32)34)46(40)28-14-12-10-8-6-4-2;1-3-4-5-6-7-8-15-21-16(2)18-13-9-11-17-12-10-14-19(21)20(17)18;5-1-2(6)4(8)3(1)7;/h15-26,29-30H,3-14,27-28H2,1-2H3;9-14H,3-8,15H2,1-2H3;5-6H;1H/q;+1;;/p-1. The molecule has 3 aliphatic rings. The van der Waals surface area contributed by atoms with Crippen molar-refractivity contribution in [3.63, 3.8) is 0 Å². The van der Waals surface area contributed by atoms with Crippen molar-refractivity contribution < 1.29 is 53.2 Å². The van der Waals surface area contributed by atoms with Gasteiger partial charge in [-0.25, -0.2) is 0 Å². The maximum Gasteiger partial charge on any atom is 0.275 e. The zero-order valence-corrected chi connectivity index (χ0v) is 48.3. The van der Waals surface area contributed by atoms with Gasteiger partial charge in [-0.1, -0.05) is 189 Å². The van der Waals surface area contributed by atoms with Crippen LogP contribution in [-0.2, 0) is 11.3 Å². The smallest absolute Gasteiger partial charge is 0.275 e. The fourth-order valence-electron chi connectivity index (χ4n) is 11.8. The Morgan fingerprint density at radius 1 is 0.513 bits per heavy atom. The number of rotatable bonds is 23. The summed E-state index contributed by atoms with van der Waals surface area (Å²) < 4.78 is 7.22. The van der Waals surface area contributed by atoms with E-state index in [0.717, 1.165) is 54.5 Å². The molecule has 8 aromatic rings. The summed E-state index contributed by atoms with van der Waals surface area (Å²) >= 11 is 0. The number of nitrogens with zero attached hydrogens (tertiary/aromatic N) is 3. The lowest BCUT2D eigenvalue weighted by molar-refractivity contribution is -0.437. The molecule has 1 aromatic heterocycles. The Labute approximate surface area is 476 Å². The number of unbranched alkanes of at least 4 members (excludes halogenated alkanes) is 15. The molecular formula is C68H76IN3O6. The zero-order valence-electron chi connectivity index (χ0n) is 46.1. The van der Waals surface area contributed by atoms with Crippen molar-refractivity contribution in [2.24, 2.45) is 0 Å². The van der Waals surface area contributed by atoms with Crippen molar-refractivity contribution in [2.45, 2.75) is 150 Å². The number of carbonyl (C=O) groups is 1. The molecule has 2 aliphatic heterocycles. The summed E-state index contributed by atoms with van der Waals surface area (Å²) in [4.78, 5) is 33.8. The van der Waals surface area contributed by atoms with Gasteiger partial charge >= 0.3 is 0 Å². The number of halogens is 1. The van der Waals surface area contributed by atoms with Crippen LogP contribution in [-0.4, -0.2) is 54.2 Å². The van der Waals surface area contributed by atoms with E-state index >= 15 is 0 Å². The van der Waals surface area contributed by atoms with Crippen LogP contribution in [0.1, 0.15) is 154 Å². The minimum absolute atomic E-state index is 0. The Balaban J connectivity index is 0.000000219. The lowest BCUT2D eigenvalue weighted by Gasteiger charge is -2.28. The summed E-state index contributed by atoms with van der Waals surface area (Å²) in [5.41, 5.74) is 7.27. The number of aromatic hydroxyl groups is 2. The van der Waals surface area contributed by atoms with Crippen LogP contribution in [0.25, 0.3) is 49.3 Å². The van der Waals surface area contributed by atoms with Gasteiger partial charge in [0.15, 0.2) is 11.5 Å². The Bertz CT molecular complexity index is 3690. The number of hydrogen-bond acceptors (Lipinski definition) is 6. The zero-order chi connectivity index (χ0) is 54.0. The first kappa shape index (κ1) is 57.5. The van der Waals surface area contributed by atoms with Crippen LogP contribution >= 0.6 is 0 Å². The number of benzene rings is 6. The molecule has 0 unspecified atom stereocenters. The third-order valence-corrected chi connectivity index (χ3v) is 16.1. The second-order valence-corrected chi connectivity index (χ2v) is 21.3. The predicted octanol–water partition coefficient (Wildman–Crippen LogP) is 10.8. The average molecular weight is 1160 g/mol. The summed E-state index contributed by atoms with van der Waals surface area (Å²) in [7, 11) is 0. The van der Waals surface area contributed by atoms with Crippen LogP contribution in [0.15, 0.2) is 142 Å². The van der Waals surface area contributed by atoms with Crippen molar-refractivity contribution in [1.29, 1.82) is 0 Å². The van der Waals surface area contributed by atoms with E-state index in [1.165, 1.54) is 163 Å². The second-order valence-electron chi connectivity index (χ2n) is 21.3. The fourth-order valence-corrected chi connectivity index (χ4v) is 11.8. The number of aromatic nitrogens is 1. The molecule has 78 heavy (non-hydrogen) atoms. The lowest BCUT2D eigenvalue weighted by Crippen LogP contribution is -3.00. The minimum atomic E-state index is -1.01. The topological polar surface area (TPSA) is 126 Å². The van der Waals surface area contributed by atoms with Crippen LogP contribution in [0.2, 0.25) is 0 Å². The highest BCUT2D eigenvalue weighted by Gasteiger charge is 2.34. The van der Waals surface area contributed by atoms with E-state index in [9.17, 15) is 19.5 Å². The monoisotopic (exact) mass is 1160 g/mol. The van der Waals surface area contributed by atoms with E-state index in [4.69, 9.17) is 10.2 Å². The van der Waals surface area contributed by atoms with Gasteiger partial charge in [0.25, 0.3) is 10.9 Å². The second kappa shape index (κ2) is 26.8. The van der Waals surface area contributed by atoms with Crippen molar-refractivity contribution >= 4 is 77.9 Å². The van der Waals surface area contributed by atoms with E-state index in [1.807, 2.05) is 12.2 Å². The molecule has 10 heteroatoms. The number of hydrogen-bond donors (Lipinski definition) is 2. The fraction of sp³-hybridized carbons (Fsp3) is 0.368. The van der Waals surface area contributed by atoms with Crippen LogP contribution in [0.4, 0.5) is 11.4 Å². The Kier molecular flexibility index (Phi) is 19.8. The van der Waals surface area contributed by atoms with Crippen LogP contribution in [0.5, 0.6) is 11.5 Å². The largest absolute Gasteiger partial charge is 1.00 e. The summed E-state index contributed by atoms with van der Waals surface area (Å²) in [5, 5.41) is 40.0. The van der Waals surface area contributed by atoms with Gasteiger partial charge in [0.05, 0.1) is 21.9 Å². The molecule has 0 fully saturated rings. The third-order valence-electron chi connectivity index (χ3n) is 16.1. The van der Waals surface area contributed by atoms with Crippen molar-refractivity contribution in [3.8, 4) is 11.5 Å². The van der Waals surface area contributed by atoms with Crippen molar-refractivity contribution in [3.05, 3.63) is 169 Å². The Hall–Kier alpha value is -6.66. The van der Waals surface area contributed by atoms with Gasteiger partial charge in [0.1, 0.15) is 13.1 Å². The van der Waals surface area contributed by atoms with Crippen LogP contribution < -0.4 is 45.3 Å². The summed E-state index contributed by atoms with van der Waals surface area (Å²) in [6.07, 6.45) is 26.5. The van der Waals surface area contributed by atoms with E-state index < -0.39 is 22.4 Å². The highest BCUT2D eigenvalue weighted by Crippen LogP contribution is 2.39. The molecule has 0 radical (unpaired) electrons. The van der Waals surface area contributed by atoms with Gasteiger partial charge in [0, 0.05) is 77.3 Å². The molecule has 0 bridgehead atoms. The van der Waals surface area contributed by atoms with Crippen molar-refractivity contribution in [1.82, 2.24) is 4.57 Å². The highest BCUT2D eigenvalue weighted by molar-refractivity contribution is 6.29. The molecule has 0 atom stereocenters. The van der Waals surface area contributed by atoms with Crippen LogP contribution in [0.3, 0.4) is 0 Å². The highest BCUT2D eigenvalue weighted by atomic mass is 127. The minimum Gasteiger partial charge on any atom is -1.00 e. The molecule has 1 aliphatic carbocycles. The van der Waals surface area contributed by atoms with Gasteiger partial charge in [-0.2, -0.15) is 9.15 Å². The summed E-state index contributed by atoms with van der Waals surface area (Å²) in [6.45, 7) is 11.9. The lowest BCUT2D eigenvalue weighted by atomic mass is 9.86. The first-order valence-corrected chi connectivity index (χ1v) is 28.8. The molecule has 0 amide bonds. The molecule has 3 heterocycles. The Morgan fingerprint density at radius 3 is 1.51 bits per heavy atom. The molecule has 7 aromatic carbocycles. The quantitative estimate of drug-likeness (QED) is 0.0216.